The van der Waals surface area contributed by atoms with Crippen molar-refractivity contribution in [2.75, 3.05) is 13.1 Å². The zero-order valence-electron chi connectivity index (χ0n) is 9.84. The van der Waals surface area contributed by atoms with E-state index in [1.54, 1.807) is 0 Å². The van der Waals surface area contributed by atoms with Crippen molar-refractivity contribution < 1.29 is 0 Å². The summed E-state index contributed by atoms with van der Waals surface area (Å²) in [7, 11) is 0. The van der Waals surface area contributed by atoms with Crippen LogP contribution in [-0.4, -0.2) is 23.3 Å². The van der Waals surface area contributed by atoms with Gasteiger partial charge in [-0.05, 0) is 43.7 Å². The van der Waals surface area contributed by atoms with Crippen molar-refractivity contribution in [3.05, 3.63) is 23.0 Å². The number of aromatic nitrogens is 2. The van der Waals surface area contributed by atoms with Gasteiger partial charge in [0.2, 0.25) is 0 Å². The first-order valence-electron chi connectivity index (χ1n) is 6.31. The fourth-order valence-electron chi connectivity index (χ4n) is 2.77. The predicted octanol–water partition coefficient (Wildman–Crippen LogP) is 1.91. The molecule has 0 saturated heterocycles. The van der Waals surface area contributed by atoms with Crippen LogP contribution in [0.1, 0.15) is 36.7 Å². The van der Waals surface area contributed by atoms with E-state index in [1.165, 1.54) is 41.8 Å². The highest BCUT2D eigenvalue weighted by molar-refractivity contribution is 5.67. The van der Waals surface area contributed by atoms with E-state index in [1.807, 2.05) is 0 Å². The fourth-order valence-corrected chi connectivity index (χ4v) is 2.77. The Morgan fingerprint density at radius 3 is 3.12 bits per heavy atom. The van der Waals surface area contributed by atoms with Crippen LogP contribution in [-0.2, 0) is 12.8 Å². The molecule has 1 aliphatic carbocycles. The number of nitrogens with one attached hydrogen (secondary N) is 2. The molecule has 0 aromatic carbocycles. The first-order valence-corrected chi connectivity index (χ1v) is 6.31. The molecule has 0 fully saturated rings. The van der Waals surface area contributed by atoms with Crippen molar-refractivity contribution in [3.8, 4) is 0 Å². The Kier molecular flexibility index (Phi) is 2.56. The van der Waals surface area contributed by atoms with E-state index < -0.39 is 0 Å². The summed E-state index contributed by atoms with van der Waals surface area (Å²) in [5, 5.41) is 11.1. The number of aryl methyl sites for hydroxylation is 1. The third-order valence-corrected chi connectivity index (χ3v) is 3.76. The minimum Gasteiger partial charge on any atom is -0.313 e. The average Bonchev–Trinajstić information content (AvgIpc) is 2.73. The molecular weight excluding hydrogens is 198 g/mol. The SMILES string of the molecule is CC1CCc2[nH]nc(C3=CCNCC3)c2C1. The van der Waals surface area contributed by atoms with Gasteiger partial charge in [-0.2, -0.15) is 5.10 Å². The van der Waals surface area contributed by atoms with E-state index in [4.69, 9.17) is 0 Å². The summed E-state index contributed by atoms with van der Waals surface area (Å²) >= 11 is 0. The number of hydrogen-bond acceptors (Lipinski definition) is 2. The van der Waals surface area contributed by atoms with Gasteiger partial charge in [-0.3, -0.25) is 5.10 Å². The maximum absolute atomic E-state index is 4.53. The Balaban J connectivity index is 1.96. The minimum atomic E-state index is 0.811. The number of H-pyrrole nitrogens is 1. The van der Waals surface area contributed by atoms with Crippen LogP contribution in [0.3, 0.4) is 0 Å². The molecule has 0 bridgehead atoms. The van der Waals surface area contributed by atoms with Crippen LogP contribution in [0.2, 0.25) is 0 Å². The van der Waals surface area contributed by atoms with Gasteiger partial charge < -0.3 is 5.32 Å². The summed E-state index contributed by atoms with van der Waals surface area (Å²) in [6.45, 7) is 4.42. The van der Waals surface area contributed by atoms with Crippen LogP contribution in [0, 0.1) is 5.92 Å². The topological polar surface area (TPSA) is 40.7 Å². The molecule has 0 radical (unpaired) electrons. The Bertz CT molecular complexity index is 417. The molecule has 2 N–H and O–H groups in total. The smallest absolute Gasteiger partial charge is 0.0913 e. The van der Waals surface area contributed by atoms with Crippen LogP contribution >= 0.6 is 0 Å². The van der Waals surface area contributed by atoms with E-state index in [2.05, 4.69) is 28.5 Å². The lowest BCUT2D eigenvalue weighted by molar-refractivity contribution is 0.497. The van der Waals surface area contributed by atoms with Gasteiger partial charge in [0.15, 0.2) is 0 Å². The zero-order chi connectivity index (χ0) is 11.0. The van der Waals surface area contributed by atoms with Gasteiger partial charge in [0.05, 0.1) is 5.69 Å². The lowest BCUT2D eigenvalue weighted by atomic mass is 9.86. The summed E-state index contributed by atoms with van der Waals surface area (Å²) in [5.74, 6) is 0.811. The quantitative estimate of drug-likeness (QED) is 0.754. The monoisotopic (exact) mass is 217 g/mol. The Hall–Kier alpha value is -1.09. The van der Waals surface area contributed by atoms with Crippen molar-refractivity contribution in [3.63, 3.8) is 0 Å². The van der Waals surface area contributed by atoms with Crippen molar-refractivity contribution in [2.45, 2.75) is 32.6 Å². The van der Waals surface area contributed by atoms with Crippen LogP contribution in [0.4, 0.5) is 0 Å². The van der Waals surface area contributed by atoms with E-state index in [0.29, 0.717) is 0 Å². The maximum atomic E-state index is 4.53. The van der Waals surface area contributed by atoms with E-state index in [9.17, 15) is 0 Å². The van der Waals surface area contributed by atoms with E-state index >= 15 is 0 Å². The molecule has 3 nitrogen and oxygen atoms in total. The predicted molar refractivity (Wildman–Crippen MR) is 65.2 cm³/mol. The maximum Gasteiger partial charge on any atom is 0.0913 e. The highest BCUT2D eigenvalue weighted by atomic mass is 15.1. The molecule has 3 rings (SSSR count). The molecule has 0 spiro atoms. The first kappa shape index (κ1) is 10.1. The van der Waals surface area contributed by atoms with Crippen molar-refractivity contribution in [2.24, 2.45) is 5.92 Å². The van der Waals surface area contributed by atoms with Crippen molar-refractivity contribution in [1.82, 2.24) is 15.5 Å². The van der Waals surface area contributed by atoms with Gasteiger partial charge in [-0.25, -0.2) is 0 Å². The largest absolute Gasteiger partial charge is 0.313 e. The van der Waals surface area contributed by atoms with Crippen LogP contribution in [0.5, 0.6) is 0 Å². The summed E-state index contributed by atoms with van der Waals surface area (Å²) in [6, 6.07) is 0. The molecule has 1 atom stereocenters. The summed E-state index contributed by atoms with van der Waals surface area (Å²) in [5.41, 5.74) is 5.56. The number of hydrogen-bond donors (Lipinski definition) is 2. The van der Waals surface area contributed by atoms with Gasteiger partial charge in [0.1, 0.15) is 0 Å². The zero-order valence-corrected chi connectivity index (χ0v) is 9.84. The molecule has 1 aliphatic heterocycles. The molecule has 2 heterocycles. The van der Waals surface area contributed by atoms with Gasteiger partial charge in [-0.1, -0.05) is 13.0 Å². The third kappa shape index (κ3) is 1.69. The number of aromatic amines is 1. The lowest BCUT2D eigenvalue weighted by Gasteiger charge is -2.20. The van der Waals surface area contributed by atoms with Crippen molar-refractivity contribution >= 4 is 5.57 Å². The van der Waals surface area contributed by atoms with Crippen LogP contribution in [0.15, 0.2) is 6.08 Å². The van der Waals surface area contributed by atoms with Gasteiger partial charge in [0, 0.05) is 17.8 Å². The summed E-state index contributed by atoms with van der Waals surface area (Å²) in [4.78, 5) is 0. The van der Waals surface area contributed by atoms with Gasteiger partial charge in [-0.15, -0.1) is 0 Å². The number of rotatable bonds is 1. The molecule has 2 aliphatic rings. The standard InChI is InChI=1S/C13H19N3/c1-9-2-3-12-11(8-9)13(16-15-12)10-4-6-14-7-5-10/h4,9,14H,2-3,5-8H2,1H3,(H,15,16). The highest BCUT2D eigenvalue weighted by Crippen LogP contribution is 2.30. The number of fused-ring (bicyclic) bond motifs is 1. The molecule has 1 unspecified atom stereocenters. The van der Waals surface area contributed by atoms with E-state index in [-0.39, 0.29) is 0 Å². The Morgan fingerprint density at radius 2 is 2.31 bits per heavy atom. The second-order valence-electron chi connectivity index (χ2n) is 5.06. The molecule has 86 valence electrons. The minimum absolute atomic E-state index is 0.811. The molecule has 0 saturated carbocycles. The van der Waals surface area contributed by atoms with Gasteiger partial charge in [0.25, 0.3) is 0 Å². The average molecular weight is 217 g/mol. The van der Waals surface area contributed by atoms with Crippen LogP contribution in [0.25, 0.3) is 5.57 Å². The second-order valence-corrected chi connectivity index (χ2v) is 5.06. The molecular formula is C13H19N3. The molecule has 3 heteroatoms. The van der Waals surface area contributed by atoms with Gasteiger partial charge >= 0.3 is 0 Å². The fraction of sp³-hybridized carbons (Fsp3) is 0.615. The van der Waals surface area contributed by atoms with Crippen LogP contribution < -0.4 is 5.32 Å². The normalized spacial score (nSPS) is 25.1. The summed E-state index contributed by atoms with van der Waals surface area (Å²) < 4.78 is 0. The summed E-state index contributed by atoms with van der Waals surface area (Å²) in [6.07, 6.45) is 7.08. The first-order chi connectivity index (χ1) is 7.84. The lowest BCUT2D eigenvalue weighted by Crippen LogP contribution is -2.20. The third-order valence-electron chi connectivity index (χ3n) is 3.76. The molecule has 16 heavy (non-hydrogen) atoms. The highest BCUT2D eigenvalue weighted by Gasteiger charge is 2.23. The Morgan fingerprint density at radius 1 is 1.38 bits per heavy atom. The van der Waals surface area contributed by atoms with Crippen molar-refractivity contribution in [1.29, 1.82) is 0 Å². The Labute approximate surface area is 96.3 Å². The van der Waals surface area contributed by atoms with E-state index in [0.717, 1.165) is 25.4 Å². The second kappa shape index (κ2) is 4.06. The number of nitrogens with zero attached hydrogens (tertiary/aromatic N) is 1. The molecule has 0 amide bonds. The molecule has 1 aromatic rings. The molecule has 1 aromatic heterocycles.